The summed E-state index contributed by atoms with van der Waals surface area (Å²) in [5, 5.41) is 2.59. The summed E-state index contributed by atoms with van der Waals surface area (Å²) in [5.74, 6) is 0.225. The first-order chi connectivity index (χ1) is 6.06. The lowest BCUT2D eigenvalue weighted by atomic mass is 10.1. The largest absolute Gasteiger partial charge is 0.369 e. The van der Waals surface area contributed by atoms with E-state index in [9.17, 15) is 4.79 Å². The Labute approximate surface area is 80.4 Å². The minimum atomic E-state index is -0.844. The topological polar surface area (TPSA) is 64.1 Å². The normalized spacial score (nSPS) is 11.3. The van der Waals surface area contributed by atoms with Gasteiger partial charge in [-0.05, 0) is 13.8 Å². The fraction of sp³-hybridized carbons (Fsp3) is 0.571. The smallest absolute Gasteiger partial charge is 0.257 e. The van der Waals surface area contributed by atoms with Crippen molar-refractivity contribution < 1.29 is 9.53 Å². The molecule has 0 aromatic carbocycles. The highest BCUT2D eigenvalue weighted by Crippen LogP contribution is 2.11. The van der Waals surface area contributed by atoms with Crippen LogP contribution in [-0.4, -0.2) is 27.4 Å². The lowest BCUT2D eigenvalue weighted by Gasteiger charge is -2.20. The van der Waals surface area contributed by atoms with E-state index in [0.29, 0.717) is 5.82 Å². The molecule has 1 amide bonds. The Morgan fingerprint density at radius 1 is 1.69 bits per heavy atom. The standard InChI is InChI=1S/C7H11N3O2S/c1-7(2,12-3)6(11)9-5-4-8-13-10-5/h4H,1-3H3,(H,9,10,11). The second kappa shape index (κ2) is 3.80. The molecule has 1 N–H and O–H groups in total. The minimum Gasteiger partial charge on any atom is -0.369 e. The van der Waals surface area contributed by atoms with Gasteiger partial charge in [-0.1, -0.05) is 0 Å². The number of nitrogens with zero attached hydrogens (tertiary/aromatic N) is 2. The monoisotopic (exact) mass is 201 g/mol. The highest BCUT2D eigenvalue weighted by Gasteiger charge is 2.27. The van der Waals surface area contributed by atoms with Crippen molar-refractivity contribution in [1.29, 1.82) is 0 Å². The zero-order valence-electron chi connectivity index (χ0n) is 7.70. The summed E-state index contributed by atoms with van der Waals surface area (Å²) in [6, 6.07) is 0. The van der Waals surface area contributed by atoms with Gasteiger partial charge >= 0.3 is 0 Å². The number of hydrogen-bond donors (Lipinski definition) is 1. The van der Waals surface area contributed by atoms with Gasteiger partial charge in [0.05, 0.1) is 17.9 Å². The second-order valence-electron chi connectivity index (χ2n) is 2.96. The number of ether oxygens (including phenoxy) is 1. The highest BCUT2D eigenvalue weighted by atomic mass is 32.1. The number of hydrogen-bond acceptors (Lipinski definition) is 5. The van der Waals surface area contributed by atoms with Crippen LogP contribution in [0.1, 0.15) is 13.8 Å². The predicted octanol–water partition coefficient (Wildman–Crippen LogP) is 0.902. The van der Waals surface area contributed by atoms with Crippen LogP contribution in [0.2, 0.25) is 0 Å². The predicted molar refractivity (Wildman–Crippen MR) is 49.6 cm³/mol. The lowest BCUT2D eigenvalue weighted by Crippen LogP contribution is -2.38. The van der Waals surface area contributed by atoms with Gasteiger partial charge < -0.3 is 10.1 Å². The molecule has 0 aliphatic carbocycles. The molecule has 72 valence electrons. The van der Waals surface area contributed by atoms with Crippen LogP contribution in [0.4, 0.5) is 5.82 Å². The third-order valence-corrected chi connectivity index (χ3v) is 2.14. The first-order valence-electron chi connectivity index (χ1n) is 3.70. The van der Waals surface area contributed by atoms with E-state index in [1.807, 2.05) is 0 Å². The van der Waals surface area contributed by atoms with E-state index in [2.05, 4.69) is 14.1 Å². The first kappa shape index (κ1) is 10.1. The fourth-order valence-electron chi connectivity index (χ4n) is 0.579. The van der Waals surface area contributed by atoms with Gasteiger partial charge in [0.25, 0.3) is 5.91 Å². The third kappa shape index (κ3) is 2.46. The van der Waals surface area contributed by atoms with Crippen molar-refractivity contribution in [3.63, 3.8) is 0 Å². The molecule has 1 rings (SSSR count). The van der Waals surface area contributed by atoms with E-state index in [1.54, 1.807) is 13.8 Å². The average molecular weight is 201 g/mol. The van der Waals surface area contributed by atoms with Crippen LogP contribution in [-0.2, 0) is 9.53 Å². The third-order valence-electron chi connectivity index (χ3n) is 1.66. The van der Waals surface area contributed by atoms with Crippen LogP contribution in [0.3, 0.4) is 0 Å². The summed E-state index contributed by atoms with van der Waals surface area (Å²) in [4.78, 5) is 11.5. The van der Waals surface area contributed by atoms with Gasteiger partial charge in [-0.3, -0.25) is 4.79 Å². The molecule has 0 bridgehead atoms. The Morgan fingerprint density at radius 2 is 2.38 bits per heavy atom. The molecule has 0 saturated carbocycles. The second-order valence-corrected chi connectivity index (χ2v) is 3.52. The molecule has 0 aliphatic rings. The summed E-state index contributed by atoms with van der Waals surface area (Å²) in [5.41, 5.74) is -0.844. The molecule has 1 aromatic heterocycles. The first-order valence-corrected chi connectivity index (χ1v) is 4.43. The van der Waals surface area contributed by atoms with E-state index in [4.69, 9.17) is 4.74 Å². The van der Waals surface area contributed by atoms with Gasteiger partial charge in [-0.15, -0.1) is 0 Å². The summed E-state index contributed by atoms with van der Waals surface area (Å²) >= 11 is 1.04. The van der Waals surface area contributed by atoms with Crippen LogP contribution in [0.25, 0.3) is 0 Å². The van der Waals surface area contributed by atoms with Crippen LogP contribution >= 0.6 is 11.7 Å². The molecule has 0 aliphatic heterocycles. The summed E-state index contributed by atoms with van der Waals surface area (Å²) < 4.78 is 12.6. The molecule has 0 radical (unpaired) electrons. The van der Waals surface area contributed by atoms with Gasteiger partial charge in [0.15, 0.2) is 5.82 Å². The number of nitrogens with one attached hydrogen (secondary N) is 1. The van der Waals surface area contributed by atoms with Crippen molar-refractivity contribution >= 4 is 23.5 Å². The molecule has 0 unspecified atom stereocenters. The van der Waals surface area contributed by atoms with Crippen molar-refractivity contribution in [2.24, 2.45) is 0 Å². The maximum Gasteiger partial charge on any atom is 0.257 e. The average Bonchev–Trinajstić information content (AvgIpc) is 2.57. The number of aromatic nitrogens is 2. The SMILES string of the molecule is COC(C)(C)C(=O)Nc1cnsn1. The molecule has 1 aromatic rings. The van der Waals surface area contributed by atoms with E-state index in [-0.39, 0.29) is 5.91 Å². The Morgan fingerprint density at radius 3 is 2.85 bits per heavy atom. The minimum absolute atomic E-state index is 0.234. The number of carbonyl (C=O) groups excluding carboxylic acids is 1. The van der Waals surface area contributed by atoms with Crippen LogP contribution in [0.15, 0.2) is 6.20 Å². The molecule has 1 heterocycles. The Bertz CT molecular complexity index is 284. The lowest BCUT2D eigenvalue weighted by molar-refractivity contribution is -0.133. The summed E-state index contributed by atoms with van der Waals surface area (Å²) in [6.07, 6.45) is 1.49. The van der Waals surface area contributed by atoms with Crippen molar-refractivity contribution in [1.82, 2.24) is 8.75 Å². The Hall–Kier alpha value is -1.01. The van der Waals surface area contributed by atoms with Crippen molar-refractivity contribution in [2.45, 2.75) is 19.4 Å². The van der Waals surface area contributed by atoms with Crippen LogP contribution < -0.4 is 5.32 Å². The molecular formula is C7H11N3O2S. The quantitative estimate of drug-likeness (QED) is 0.789. The van der Waals surface area contributed by atoms with Gasteiger partial charge in [0.1, 0.15) is 5.60 Å². The summed E-state index contributed by atoms with van der Waals surface area (Å²) in [6.45, 7) is 3.37. The number of methoxy groups -OCH3 is 1. The molecule has 0 saturated heterocycles. The van der Waals surface area contributed by atoms with Gasteiger partial charge in [0, 0.05) is 7.11 Å². The van der Waals surface area contributed by atoms with Gasteiger partial charge in [-0.2, -0.15) is 8.75 Å². The number of amides is 1. The van der Waals surface area contributed by atoms with Crippen LogP contribution in [0, 0.1) is 0 Å². The van der Waals surface area contributed by atoms with Crippen LogP contribution in [0.5, 0.6) is 0 Å². The number of rotatable bonds is 3. The van der Waals surface area contributed by atoms with E-state index >= 15 is 0 Å². The van der Waals surface area contributed by atoms with E-state index < -0.39 is 5.60 Å². The van der Waals surface area contributed by atoms with Crippen molar-refractivity contribution in [2.75, 3.05) is 12.4 Å². The highest BCUT2D eigenvalue weighted by molar-refractivity contribution is 6.99. The van der Waals surface area contributed by atoms with Crippen molar-refractivity contribution in [3.8, 4) is 0 Å². The molecule has 5 nitrogen and oxygen atoms in total. The van der Waals surface area contributed by atoms with Crippen molar-refractivity contribution in [3.05, 3.63) is 6.20 Å². The molecular weight excluding hydrogens is 190 g/mol. The maximum absolute atomic E-state index is 11.5. The van der Waals surface area contributed by atoms with Gasteiger partial charge in [0.2, 0.25) is 0 Å². The van der Waals surface area contributed by atoms with E-state index in [1.165, 1.54) is 13.3 Å². The Balaban J connectivity index is 2.61. The molecule has 0 spiro atoms. The fourth-order valence-corrected chi connectivity index (χ4v) is 0.954. The number of carbonyl (C=O) groups is 1. The van der Waals surface area contributed by atoms with Gasteiger partial charge in [-0.25, -0.2) is 0 Å². The molecule has 6 heteroatoms. The zero-order valence-corrected chi connectivity index (χ0v) is 8.51. The molecule has 13 heavy (non-hydrogen) atoms. The number of anilines is 1. The zero-order chi connectivity index (χ0) is 9.90. The summed E-state index contributed by atoms with van der Waals surface area (Å²) in [7, 11) is 1.48. The van der Waals surface area contributed by atoms with E-state index in [0.717, 1.165) is 11.7 Å². The maximum atomic E-state index is 11.5. The molecule has 0 fully saturated rings. The molecule has 0 atom stereocenters. The Kier molecular flexibility index (Phi) is 2.94.